The third-order valence-electron chi connectivity index (χ3n) is 3.87. The Morgan fingerprint density at radius 1 is 1.33 bits per heavy atom. The summed E-state index contributed by atoms with van der Waals surface area (Å²) in [7, 11) is -3.87. The third kappa shape index (κ3) is 3.25. The van der Waals surface area contributed by atoms with Gasteiger partial charge in [-0.25, -0.2) is 13.6 Å². The lowest BCUT2D eigenvalue weighted by molar-refractivity contribution is 0.501. The first-order chi connectivity index (χ1) is 9.71. The molecule has 0 spiro atoms. The molecule has 1 heterocycles. The number of nitrogens with two attached hydrogens (primary N) is 2. The molecule has 1 fully saturated rings. The predicted molar refractivity (Wildman–Crippen MR) is 84.5 cm³/mol. The van der Waals surface area contributed by atoms with Crippen LogP contribution in [0.2, 0.25) is 0 Å². The van der Waals surface area contributed by atoms with Crippen molar-refractivity contribution < 1.29 is 8.42 Å². The lowest BCUT2D eigenvalue weighted by Gasteiger charge is -2.34. The number of sulfonamides is 1. The van der Waals surface area contributed by atoms with Crippen LogP contribution in [0.4, 0.5) is 5.69 Å². The quantitative estimate of drug-likeness (QED) is 0.721. The van der Waals surface area contributed by atoms with Crippen molar-refractivity contribution in [3.63, 3.8) is 0 Å². The Morgan fingerprint density at radius 3 is 2.38 bits per heavy atom. The summed E-state index contributed by atoms with van der Waals surface area (Å²) in [4.78, 5) is 2.15. The zero-order valence-electron chi connectivity index (χ0n) is 12.4. The van der Waals surface area contributed by atoms with E-state index in [4.69, 9.17) is 16.3 Å². The molecule has 0 bridgehead atoms. The first kappa shape index (κ1) is 15.9. The second-order valence-electron chi connectivity index (χ2n) is 5.60. The minimum absolute atomic E-state index is 0.0578. The zero-order chi connectivity index (χ0) is 15.8. The number of hydrogen-bond acceptors (Lipinski definition) is 5. The lowest BCUT2D eigenvalue weighted by Crippen LogP contribution is -2.40. The molecule has 116 valence electrons. The van der Waals surface area contributed by atoms with E-state index in [-0.39, 0.29) is 16.6 Å². The van der Waals surface area contributed by atoms with Crippen LogP contribution in [0, 0.1) is 12.3 Å². The maximum atomic E-state index is 11.9. The largest absolute Gasteiger partial charge is 0.371 e. The van der Waals surface area contributed by atoms with Crippen LogP contribution in [0.5, 0.6) is 0 Å². The molecule has 0 aromatic heterocycles. The lowest BCUT2D eigenvalue weighted by atomic mass is 10.0. The molecule has 0 amide bonds. The number of aryl methyl sites for hydroxylation is 1. The highest BCUT2D eigenvalue weighted by atomic mass is 32.2. The molecule has 0 saturated carbocycles. The highest BCUT2D eigenvalue weighted by molar-refractivity contribution is 7.89. The average molecular weight is 310 g/mol. The van der Waals surface area contributed by atoms with Crippen LogP contribution in [-0.2, 0) is 10.0 Å². The van der Waals surface area contributed by atoms with Crippen LogP contribution in [-0.4, -0.2) is 33.3 Å². The summed E-state index contributed by atoms with van der Waals surface area (Å²) in [5.74, 6) is 0. The van der Waals surface area contributed by atoms with E-state index in [1.54, 1.807) is 19.9 Å². The number of nitrogens with one attached hydrogen (secondary N) is 1. The van der Waals surface area contributed by atoms with Gasteiger partial charge in [0.1, 0.15) is 0 Å². The molecule has 0 radical (unpaired) electrons. The smallest absolute Gasteiger partial charge is 0.239 e. The van der Waals surface area contributed by atoms with E-state index in [2.05, 4.69) is 4.90 Å². The fraction of sp³-hybridized carbons (Fsp3) is 0.500. The van der Waals surface area contributed by atoms with Crippen LogP contribution in [0.15, 0.2) is 17.0 Å². The molecule has 1 aromatic carbocycles. The molecule has 1 aliphatic rings. The fourth-order valence-electron chi connectivity index (χ4n) is 2.81. The molecule has 1 aromatic rings. The van der Waals surface area contributed by atoms with Gasteiger partial charge in [0.25, 0.3) is 0 Å². The molecule has 6 nitrogen and oxygen atoms in total. The Kier molecular flexibility index (Phi) is 4.36. The first-order valence-electron chi connectivity index (χ1n) is 6.94. The number of hydrogen-bond donors (Lipinski definition) is 3. The maximum absolute atomic E-state index is 11.9. The van der Waals surface area contributed by atoms with Gasteiger partial charge in [0.2, 0.25) is 10.0 Å². The topological polar surface area (TPSA) is 113 Å². The van der Waals surface area contributed by atoms with Crippen LogP contribution in [0.25, 0.3) is 0 Å². The number of benzene rings is 1. The van der Waals surface area contributed by atoms with Crippen molar-refractivity contribution in [2.45, 2.75) is 37.6 Å². The summed E-state index contributed by atoms with van der Waals surface area (Å²) in [6.07, 6.45) is 1.71. The molecule has 0 atom stereocenters. The SMILES string of the molecule is CC(=N)c1c(N2CCC(N)CC2)ccc(C)c1S(N)(=O)=O. The average Bonchev–Trinajstić information content (AvgIpc) is 2.38. The molecule has 1 saturated heterocycles. The predicted octanol–water partition coefficient (Wildman–Crippen LogP) is 0.958. The second kappa shape index (κ2) is 5.75. The van der Waals surface area contributed by atoms with Crippen molar-refractivity contribution in [2.75, 3.05) is 18.0 Å². The normalized spacial score (nSPS) is 17.0. The molecule has 1 aliphatic heterocycles. The molecular weight excluding hydrogens is 288 g/mol. The van der Waals surface area contributed by atoms with Gasteiger partial charge in [-0.2, -0.15) is 0 Å². The van der Waals surface area contributed by atoms with Gasteiger partial charge in [-0.3, -0.25) is 0 Å². The van der Waals surface area contributed by atoms with Crippen LogP contribution < -0.4 is 15.8 Å². The fourth-order valence-corrected chi connectivity index (χ4v) is 3.87. The minimum atomic E-state index is -3.87. The Morgan fingerprint density at radius 2 is 1.90 bits per heavy atom. The van der Waals surface area contributed by atoms with Gasteiger partial charge in [-0.1, -0.05) is 6.07 Å². The van der Waals surface area contributed by atoms with Crippen LogP contribution in [0.1, 0.15) is 30.9 Å². The van der Waals surface area contributed by atoms with Gasteiger partial charge >= 0.3 is 0 Å². The number of primary sulfonamides is 1. The van der Waals surface area contributed by atoms with Crippen molar-refractivity contribution in [1.82, 2.24) is 0 Å². The van der Waals surface area contributed by atoms with Gasteiger partial charge < -0.3 is 16.0 Å². The van der Waals surface area contributed by atoms with Crippen LogP contribution >= 0.6 is 0 Å². The highest BCUT2D eigenvalue weighted by Gasteiger charge is 2.25. The Bertz CT molecular complexity index is 662. The summed E-state index contributed by atoms with van der Waals surface area (Å²) in [5, 5.41) is 13.3. The summed E-state index contributed by atoms with van der Waals surface area (Å²) in [6, 6.07) is 3.80. The summed E-state index contributed by atoms with van der Waals surface area (Å²) in [5.41, 5.74) is 7.84. The molecule has 5 N–H and O–H groups in total. The van der Waals surface area contributed by atoms with Crippen molar-refractivity contribution >= 4 is 21.4 Å². The first-order valence-corrected chi connectivity index (χ1v) is 8.49. The van der Waals surface area contributed by atoms with E-state index in [0.717, 1.165) is 31.6 Å². The van der Waals surface area contributed by atoms with Crippen molar-refractivity contribution in [3.8, 4) is 0 Å². The van der Waals surface area contributed by atoms with Crippen molar-refractivity contribution in [2.24, 2.45) is 10.9 Å². The van der Waals surface area contributed by atoms with Gasteiger partial charge in [0, 0.05) is 36.1 Å². The van der Waals surface area contributed by atoms with Gasteiger partial charge in [-0.05, 0) is 38.3 Å². The van der Waals surface area contributed by atoms with E-state index in [0.29, 0.717) is 11.1 Å². The van der Waals surface area contributed by atoms with Gasteiger partial charge in [0.05, 0.1) is 4.90 Å². The summed E-state index contributed by atoms with van der Waals surface area (Å²) >= 11 is 0. The number of piperidine rings is 1. The van der Waals surface area contributed by atoms with E-state index in [1.165, 1.54) is 0 Å². The highest BCUT2D eigenvalue weighted by Crippen LogP contribution is 2.31. The monoisotopic (exact) mass is 310 g/mol. The number of rotatable bonds is 3. The maximum Gasteiger partial charge on any atom is 0.239 e. The summed E-state index contributed by atoms with van der Waals surface area (Å²) in [6.45, 7) is 4.80. The van der Waals surface area contributed by atoms with Gasteiger partial charge in [0.15, 0.2) is 0 Å². The molecule has 2 rings (SSSR count). The van der Waals surface area contributed by atoms with E-state index < -0.39 is 10.0 Å². The van der Waals surface area contributed by atoms with E-state index in [9.17, 15) is 8.42 Å². The minimum Gasteiger partial charge on any atom is -0.371 e. The molecule has 21 heavy (non-hydrogen) atoms. The van der Waals surface area contributed by atoms with E-state index >= 15 is 0 Å². The third-order valence-corrected chi connectivity index (χ3v) is 4.97. The van der Waals surface area contributed by atoms with Gasteiger partial charge in [-0.15, -0.1) is 0 Å². The van der Waals surface area contributed by atoms with Crippen LogP contribution in [0.3, 0.4) is 0 Å². The molecular formula is C14H22N4O2S. The summed E-state index contributed by atoms with van der Waals surface area (Å²) < 4.78 is 23.8. The zero-order valence-corrected chi connectivity index (χ0v) is 13.2. The van der Waals surface area contributed by atoms with Crippen molar-refractivity contribution in [1.29, 1.82) is 5.41 Å². The second-order valence-corrected chi connectivity index (χ2v) is 7.10. The number of nitrogens with zero attached hydrogens (tertiary/aromatic N) is 1. The standard InChI is InChI=1S/C14H22N4O2S/c1-9-3-4-12(18-7-5-11(16)6-8-18)13(10(2)15)14(9)21(17,19)20/h3-4,11,15H,5-8,16H2,1-2H3,(H2,17,19,20). The number of anilines is 1. The Hall–Kier alpha value is -1.44. The molecule has 7 heteroatoms. The molecule has 0 aliphatic carbocycles. The van der Waals surface area contributed by atoms with E-state index in [1.807, 2.05) is 6.07 Å². The Balaban J connectivity index is 2.60. The van der Waals surface area contributed by atoms with Crippen molar-refractivity contribution in [3.05, 3.63) is 23.3 Å². The molecule has 0 unspecified atom stereocenters. The Labute approximate surface area is 125 Å².